The molecule has 1 amide bonds. The fourth-order valence-corrected chi connectivity index (χ4v) is 2.35. The van der Waals surface area contributed by atoms with Crippen molar-refractivity contribution in [3.05, 3.63) is 42.7 Å². The van der Waals surface area contributed by atoms with E-state index in [1.165, 1.54) is 24.3 Å². The summed E-state index contributed by atoms with van der Waals surface area (Å²) >= 11 is 0. The smallest absolute Gasteiger partial charge is 0.260 e. The minimum absolute atomic E-state index is 0.00685. The van der Waals surface area contributed by atoms with Crippen LogP contribution >= 0.6 is 0 Å². The van der Waals surface area contributed by atoms with E-state index < -0.39 is 0 Å². The maximum atomic E-state index is 12.8. The standard InChI is InChI=1S/C16H21FN2O2/c1-2-8-18-9-3-10-19(12-11-18)16(20)13-21-15-6-4-14(17)5-7-15/h2,4-7H,1,3,8-13H2. The number of carbonyl (C=O) groups excluding carboxylic acids is 1. The van der Waals surface area contributed by atoms with E-state index in [4.69, 9.17) is 4.74 Å². The first kappa shape index (κ1) is 15.5. The van der Waals surface area contributed by atoms with Gasteiger partial charge in [-0.2, -0.15) is 0 Å². The van der Waals surface area contributed by atoms with Crippen molar-refractivity contribution in [2.45, 2.75) is 6.42 Å². The lowest BCUT2D eigenvalue weighted by atomic mass is 10.3. The Bertz CT molecular complexity index is 476. The number of amides is 1. The third-order valence-corrected chi connectivity index (χ3v) is 3.50. The summed E-state index contributed by atoms with van der Waals surface area (Å²) in [4.78, 5) is 16.2. The molecule has 1 aliphatic heterocycles. The molecule has 2 rings (SSSR count). The van der Waals surface area contributed by atoms with Crippen molar-refractivity contribution in [3.8, 4) is 5.75 Å². The number of nitrogens with zero attached hydrogens (tertiary/aromatic N) is 2. The first-order valence-electron chi connectivity index (χ1n) is 7.18. The van der Waals surface area contributed by atoms with Crippen LogP contribution < -0.4 is 4.74 Å². The summed E-state index contributed by atoms with van der Waals surface area (Å²) in [6, 6.07) is 5.69. The summed E-state index contributed by atoms with van der Waals surface area (Å²) in [5.41, 5.74) is 0. The lowest BCUT2D eigenvalue weighted by Crippen LogP contribution is -2.38. The van der Waals surface area contributed by atoms with Crippen molar-refractivity contribution in [3.63, 3.8) is 0 Å². The van der Waals surface area contributed by atoms with Crippen LogP contribution in [0.5, 0.6) is 5.75 Å². The Labute approximate surface area is 124 Å². The van der Waals surface area contributed by atoms with E-state index in [2.05, 4.69) is 11.5 Å². The van der Waals surface area contributed by atoms with Crippen molar-refractivity contribution in [2.24, 2.45) is 0 Å². The Kier molecular flexibility index (Phi) is 5.75. The van der Waals surface area contributed by atoms with Gasteiger partial charge in [0.15, 0.2) is 6.61 Å². The van der Waals surface area contributed by atoms with Crippen molar-refractivity contribution in [2.75, 3.05) is 39.3 Å². The molecule has 114 valence electrons. The normalized spacial score (nSPS) is 16.3. The van der Waals surface area contributed by atoms with Crippen LogP contribution in [0.15, 0.2) is 36.9 Å². The molecule has 1 fully saturated rings. The van der Waals surface area contributed by atoms with Crippen LogP contribution in [0.1, 0.15) is 6.42 Å². The molecule has 1 aromatic rings. The van der Waals surface area contributed by atoms with Gasteiger partial charge in [0.1, 0.15) is 11.6 Å². The van der Waals surface area contributed by atoms with Crippen LogP contribution in [0.3, 0.4) is 0 Å². The largest absolute Gasteiger partial charge is 0.484 e. The highest BCUT2D eigenvalue weighted by molar-refractivity contribution is 5.77. The summed E-state index contributed by atoms with van der Waals surface area (Å²) < 4.78 is 18.2. The van der Waals surface area contributed by atoms with E-state index in [1.807, 2.05) is 11.0 Å². The maximum absolute atomic E-state index is 12.8. The SMILES string of the molecule is C=CCN1CCCN(C(=O)COc2ccc(F)cc2)CC1. The number of ether oxygens (including phenoxy) is 1. The van der Waals surface area contributed by atoms with Gasteiger partial charge in [-0.05, 0) is 30.7 Å². The molecular weight excluding hydrogens is 271 g/mol. The molecule has 1 heterocycles. The summed E-state index contributed by atoms with van der Waals surface area (Å²) in [7, 11) is 0. The number of rotatable bonds is 5. The molecule has 5 heteroatoms. The zero-order chi connectivity index (χ0) is 15.1. The minimum atomic E-state index is -0.316. The van der Waals surface area contributed by atoms with Gasteiger partial charge in [0.05, 0.1) is 0 Å². The van der Waals surface area contributed by atoms with E-state index in [0.717, 1.165) is 32.6 Å². The van der Waals surface area contributed by atoms with Gasteiger partial charge in [0, 0.05) is 32.7 Å². The number of carbonyl (C=O) groups is 1. The Morgan fingerprint density at radius 2 is 2.00 bits per heavy atom. The van der Waals surface area contributed by atoms with Crippen LogP contribution in [0.4, 0.5) is 4.39 Å². The van der Waals surface area contributed by atoms with Crippen molar-refractivity contribution in [1.82, 2.24) is 9.80 Å². The number of hydrogen-bond donors (Lipinski definition) is 0. The Balaban J connectivity index is 1.80. The highest BCUT2D eigenvalue weighted by Gasteiger charge is 2.18. The predicted molar refractivity (Wildman–Crippen MR) is 79.7 cm³/mol. The van der Waals surface area contributed by atoms with E-state index in [-0.39, 0.29) is 18.3 Å². The van der Waals surface area contributed by atoms with Gasteiger partial charge in [-0.25, -0.2) is 4.39 Å². The van der Waals surface area contributed by atoms with Gasteiger partial charge in [0.2, 0.25) is 0 Å². The summed E-state index contributed by atoms with van der Waals surface area (Å²) in [5.74, 6) is 0.163. The van der Waals surface area contributed by atoms with Crippen LogP contribution in [0.2, 0.25) is 0 Å². The molecule has 1 aromatic carbocycles. The third-order valence-electron chi connectivity index (χ3n) is 3.50. The Hall–Kier alpha value is -1.88. The second-order valence-electron chi connectivity index (χ2n) is 5.07. The average Bonchev–Trinajstić information content (AvgIpc) is 2.72. The lowest BCUT2D eigenvalue weighted by molar-refractivity contribution is -0.133. The van der Waals surface area contributed by atoms with E-state index >= 15 is 0 Å². The molecule has 0 unspecified atom stereocenters. The molecule has 0 spiro atoms. The minimum Gasteiger partial charge on any atom is -0.484 e. The van der Waals surface area contributed by atoms with Crippen molar-refractivity contribution in [1.29, 1.82) is 0 Å². The number of hydrogen-bond acceptors (Lipinski definition) is 3. The first-order valence-corrected chi connectivity index (χ1v) is 7.18. The molecule has 1 saturated heterocycles. The van der Waals surface area contributed by atoms with Crippen LogP contribution in [-0.4, -0.2) is 55.0 Å². The highest BCUT2D eigenvalue weighted by Crippen LogP contribution is 2.11. The summed E-state index contributed by atoms with van der Waals surface area (Å²) in [6.45, 7) is 7.88. The second-order valence-corrected chi connectivity index (χ2v) is 5.07. The van der Waals surface area contributed by atoms with E-state index in [1.54, 1.807) is 0 Å². The quantitative estimate of drug-likeness (QED) is 0.777. The Morgan fingerprint density at radius 1 is 1.24 bits per heavy atom. The molecular formula is C16H21FN2O2. The number of benzene rings is 1. The van der Waals surface area contributed by atoms with Gasteiger partial charge >= 0.3 is 0 Å². The molecule has 0 saturated carbocycles. The predicted octanol–water partition coefficient (Wildman–Crippen LogP) is 1.92. The van der Waals surface area contributed by atoms with E-state index in [0.29, 0.717) is 12.3 Å². The van der Waals surface area contributed by atoms with Crippen LogP contribution in [0, 0.1) is 5.82 Å². The topological polar surface area (TPSA) is 32.8 Å². The molecule has 0 bridgehead atoms. The fraction of sp³-hybridized carbons (Fsp3) is 0.438. The van der Waals surface area contributed by atoms with Gasteiger partial charge < -0.3 is 9.64 Å². The van der Waals surface area contributed by atoms with Gasteiger partial charge in [-0.1, -0.05) is 6.08 Å². The zero-order valence-corrected chi connectivity index (χ0v) is 12.1. The second kappa shape index (κ2) is 7.78. The molecule has 0 aromatic heterocycles. The molecule has 0 atom stereocenters. The highest BCUT2D eigenvalue weighted by atomic mass is 19.1. The van der Waals surface area contributed by atoms with Gasteiger partial charge in [-0.15, -0.1) is 6.58 Å². The molecule has 0 aliphatic carbocycles. The molecule has 1 aliphatic rings. The molecule has 0 N–H and O–H groups in total. The fourth-order valence-electron chi connectivity index (χ4n) is 2.35. The summed E-state index contributed by atoms with van der Waals surface area (Å²) in [6.07, 6.45) is 2.84. The van der Waals surface area contributed by atoms with Crippen LogP contribution in [-0.2, 0) is 4.79 Å². The third kappa shape index (κ3) is 4.86. The molecule has 4 nitrogen and oxygen atoms in total. The monoisotopic (exact) mass is 292 g/mol. The molecule has 21 heavy (non-hydrogen) atoms. The van der Waals surface area contributed by atoms with Crippen LogP contribution in [0.25, 0.3) is 0 Å². The summed E-state index contributed by atoms with van der Waals surface area (Å²) in [5, 5.41) is 0. The lowest BCUT2D eigenvalue weighted by Gasteiger charge is -2.21. The molecule has 0 radical (unpaired) electrons. The zero-order valence-electron chi connectivity index (χ0n) is 12.1. The number of halogens is 1. The van der Waals surface area contributed by atoms with Gasteiger partial charge in [0.25, 0.3) is 5.91 Å². The van der Waals surface area contributed by atoms with Crippen molar-refractivity contribution < 1.29 is 13.9 Å². The first-order chi connectivity index (χ1) is 10.2. The maximum Gasteiger partial charge on any atom is 0.260 e. The Morgan fingerprint density at radius 3 is 2.71 bits per heavy atom. The van der Waals surface area contributed by atoms with Gasteiger partial charge in [-0.3, -0.25) is 9.69 Å². The van der Waals surface area contributed by atoms with Crippen molar-refractivity contribution >= 4 is 5.91 Å². The average molecular weight is 292 g/mol. The van der Waals surface area contributed by atoms with E-state index in [9.17, 15) is 9.18 Å².